The Kier molecular flexibility index (Phi) is 5.94. The molecular weight excluding hydrogens is 404 g/mol. The topological polar surface area (TPSA) is 84.0 Å². The van der Waals surface area contributed by atoms with Crippen LogP contribution in [0.3, 0.4) is 0 Å². The van der Waals surface area contributed by atoms with Gasteiger partial charge in [0.25, 0.3) is 5.91 Å². The zero-order chi connectivity index (χ0) is 21.1. The summed E-state index contributed by atoms with van der Waals surface area (Å²) in [6.45, 7) is 3.01. The number of rotatable bonds is 6. The maximum Gasteiger partial charge on any atom is 0.267 e. The van der Waals surface area contributed by atoms with E-state index in [0.717, 1.165) is 23.4 Å². The van der Waals surface area contributed by atoms with Gasteiger partial charge in [0.1, 0.15) is 5.75 Å². The Morgan fingerprint density at radius 1 is 1.30 bits per heavy atom. The van der Waals surface area contributed by atoms with Gasteiger partial charge in [0.05, 0.1) is 18.9 Å². The van der Waals surface area contributed by atoms with E-state index in [4.69, 9.17) is 21.2 Å². The first-order valence-electron chi connectivity index (χ1n) is 9.91. The number of nitrogens with zero attached hydrogens (tertiary/aromatic N) is 1. The highest BCUT2D eigenvalue weighted by Gasteiger charge is 2.43. The molecule has 2 aliphatic heterocycles. The largest absolute Gasteiger partial charge is 0.497 e. The summed E-state index contributed by atoms with van der Waals surface area (Å²) in [4.78, 5) is 18.5. The number of nitrogens with one attached hydrogen (secondary N) is 3. The highest BCUT2D eigenvalue weighted by molar-refractivity contribution is 6.34. The summed E-state index contributed by atoms with van der Waals surface area (Å²) in [6, 6.07) is 15.4. The van der Waals surface area contributed by atoms with Crippen LogP contribution in [-0.4, -0.2) is 37.4 Å². The Morgan fingerprint density at radius 2 is 2.07 bits per heavy atom. The molecule has 1 fully saturated rings. The molecule has 158 valence electrons. The van der Waals surface area contributed by atoms with E-state index in [-0.39, 0.29) is 17.9 Å². The van der Waals surface area contributed by atoms with Crippen molar-refractivity contribution in [2.75, 3.05) is 20.2 Å². The van der Waals surface area contributed by atoms with Gasteiger partial charge in [0.15, 0.2) is 0 Å². The van der Waals surface area contributed by atoms with Crippen molar-refractivity contribution in [1.29, 1.82) is 0 Å². The van der Waals surface area contributed by atoms with Gasteiger partial charge in [0.2, 0.25) is 5.60 Å². The quantitative estimate of drug-likeness (QED) is 0.659. The predicted molar refractivity (Wildman–Crippen MR) is 115 cm³/mol. The third kappa shape index (κ3) is 4.14. The molecular formula is C22H25ClN4O3. The molecule has 0 spiro atoms. The van der Waals surface area contributed by atoms with Crippen molar-refractivity contribution in [3.8, 4) is 5.75 Å². The van der Waals surface area contributed by atoms with Crippen molar-refractivity contribution < 1.29 is 14.4 Å². The highest BCUT2D eigenvalue weighted by atomic mass is 35.5. The molecule has 0 aromatic heterocycles. The molecule has 2 aromatic rings. The maximum atomic E-state index is 12.9. The molecule has 30 heavy (non-hydrogen) atoms. The number of amides is 1. The molecule has 2 heterocycles. The molecule has 0 radical (unpaired) electrons. The number of carbonyl (C=O) groups is 1. The fourth-order valence-corrected chi connectivity index (χ4v) is 4.05. The standard InChI is InChI=1S/C22H25ClN4O3/c1-22(11-19(27-30-22)17-5-3-4-6-18(17)23)21(28)24-12-15-13-25-26-20(15)14-7-9-16(29-2)10-8-14/h3-10,15,20,25-26H,11-13H2,1-2H3,(H,24,28). The molecule has 1 saturated heterocycles. The summed E-state index contributed by atoms with van der Waals surface area (Å²) < 4.78 is 5.23. The van der Waals surface area contributed by atoms with Crippen molar-refractivity contribution in [1.82, 2.24) is 16.2 Å². The van der Waals surface area contributed by atoms with Gasteiger partial charge in [-0.2, -0.15) is 0 Å². The minimum atomic E-state index is -1.05. The second kappa shape index (κ2) is 8.63. The van der Waals surface area contributed by atoms with Crippen LogP contribution in [0.5, 0.6) is 5.75 Å². The van der Waals surface area contributed by atoms with Crippen molar-refractivity contribution in [2.45, 2.75) is 25.0 Å². The Hall–Kier alpha value is -2.61. The molecule has 0 bridgehead atoms. The van der Waals surface area contributed by atoms with Crippen molar-refractivity contribution in [3.63, 3.8) is 0 Å². The van der Waals surface area contributed by atoms with E-state index in [1.165, 1.54) is 0 Å². The van der Waals surface area contributed by atoms with Gasteiger partial charge in [-0.15, -0.1) is 0 Å². The number of hydrogen-bond acceptors (Lipinski definition) is 6. The number of hydrogen-bond donors (Lipinski definition) is 3. The number of methoxy groups -OCH3 is 1. The van der Waals surface area contributed by atoms with Gasteiger partial charge >= 0.3 is 0 Å². The molecule has 3 N–H and O–H groups in total. The van der Waals surface area contributed by atoms with Crippen LogP contribution < -0.4 is 20.9 Å². The molecule has 0 saturated carbocycles. The summed E-state index contributed by atoms with van der Waals surface area (Å²) in [7, 11) is 1.65. The first-order valence-corrected chi connectivity index (χ1v) is 10.3. The molecule has 1 amide bonds. The third-order valence-corrected chi connectivity index (χ3v) is 5.95. The van der Waals surface area contributed by atoms with E-state index >= 15 is 0 Å². The Labute approximate surface area is 180 Å². The number of hydrazine groups is 1. The van der Waals surface area contributed by atoms with Crippen LogP contribution >= 0.6 is 11.6 Å². The molecule has 8 heteroatoms. The van der Waals surface area contributed by atoms with Crippen LogP contribution in [-0.2, 0) is 9.63 Å². The van der Waals surface area contributed by atoms with Gasteiger partial charge < -0.3 is 14.9 Å². The van der Waals surface area contributed by atoms with E-state index in [1.807, 2.05) is 42.5 Å². The number of halogens is 1. The van der Waals surface area contributed by atoms with Crippen molar-refractivity contribution in [2.24, 2.45) is 11.1 Å². The zero-order valence-electron chi connectivity index (χ0n) is 16.9. The lowest BCUT2D eigenvalue weighted by molar-refractivity contribution is -0.141. The lowest BCUT2D eigenvalue weighted by Gasteiger charge is -2.24. The monoisotopic (exact) mass is 428 g/mol. The van der Waals surface area contributed by atoms with E-state index in [1.54, 1.807) is 20.1 Å². The van der Waals surface area contributed by atoms with Crippen molar-refractivity contribution in [3.05, 3.63) is 64.7 Å². The second-order valence-corrected chi connectivity index (χ2v) is 8.17. The van der Waals surface area contributed by atoms with Crippen LogP contribution in [0.2, 0.25) is 5.02 Å². The van der Waals surface area contributed by atoms with Crippen LogP contribution in [0.25, 0.3) is 0 Å². The van der Waals surface area contributed by atoms with Crippen molar-refractivity contribution >= 4 is 23.2 Å². The summed E-state index contributed by atoms with van der Waals surface area (Å²) in [5.74, 6) is 0.820. The normalized spacial score (nSPS) is 25.5. The van der Waals surface area contributed by atoms with Gasteiger partial charge in [-0.3, -0.25) is 10.2 Å². The second-order valence-electron chi connectivity index (χ2n) is 7.76. The fraction of sp³-hybridized carbons (Fsp3) is 0.364. The molecule has 0 aliphatic carbocycles. The summed E-state index contributed by atoms with van der Waals surface area (Å²) >= 11 is 6.26. The van der Waals surface area contributed by atoms with E-state index < -0.39 is 5.60 Å². The minimum absolute atomic E-state index is 0.0865. The molecule has 7 nitrogen and oxygen atoms in total. The molecule has 2 aliphatic rings. The lowest BCUT2D eigenvalue weighted by Crippen LogP contribution is -2.46. The third-order valence-electron chi connectivity index (χ3n) is 5.62. The van der Waals surface area contributed by atoms with E-state index in [2.05, 4.69) is 21.3 Å². The highest BCUT2D eigenvalue weighted by Crippen LogP contribution is 2.30. The lowest BCUT2D eigenvalue weighted by atomic mass is 9.93. The molecule has 4 rings (SSSR count). The Morgan fingerprint density at radius 3 is 2.80 bits per heavy atom. The van der Waals surface area contributed by atoms with Crippen LogP contribution in [0.1, 0.15) is 30.5 Å². The van der Waals surface area contributed by atoms with Gasteiger partial charge in [-0.25, -0.2) is 5.43 Å². The smallest absolute Gasteiger partial charge is 0.267 e. The Bertz CT molecular complexity index is 950. The number of carbonyl (C=O) groups excluding carboxylic acids is 1. The number of ether oxygens (including phenoxy) is 1. The fourth-order valence-electron chi connectivity index (χ4n) is 3.80. The summed E-state index contributed by atoms with van der Waals surface area (Å²) in [5.41, 5.74) is 8.02. The number of oxime groups is 1. The zero-order valence-corrected chi connectivity index (χ0v) is 17.7. The van der Waals surface area contributed by atoms with Crippen LogP contribution in [0, 0.1) is 5.92 Å². The van der Waals surface area contributed by atoms with E-state index in [9.17, 15) is 4.79 Å². The average Bonchev–Trinajstić information content (AvgIpc) is 3.40. The molecule has 3 unspecified atom stereocenters. The summed E-state index contributed by atoms with van der Waals surface area (Å²) in [6.07, 6.45) is 0.367. The molecule has 2 aromatic carbocycles. The van der Waals surface area contributed by atoms with E-state index in [0.29, 0.717) is 23.7 Å². The van der Waals surface area contributed by atoms with Gasteiger partial charge in [0, 0.05) is 36.0 Å². The molecule has 3 atom stereocenters. The number of benzene rings is 2. The summed E-state index contributed by atoms with van der Waals surface area (Å²) in [5, 5.41) is 7.77. The predicted octanol–water partition coefficient (Wildman–Crippen LogP) is 2.81. The Balaban J connectivity index is 1.36. The SMILES string of the molecule is COc1ccc(C2NNCC2CNC(=O)C2(C)CC(c3ccccc3Cl)=NO2)cc1. The van der Waals surface area contributed by atoms with Crippen LogP contribution in [0.4, 0.5) is 0 Å². The average molecular weight is 429 g/mol. The van der Waals surface area contributed by atoms with Crippen LogP contribution in [0.15, 0.2) is 53.7 Å². The first-order chi connectivity index (χ1) is 14.5. The maximum absolute atomic E-state index is 12.9. The first kappa shape index (κ1) is 20.7. The van der Waals surface area contributed by atoms with Gasteiger partial charge in [-0.05, 0) is 30.7 Å². The minimum Gasteiger partial charge on any atom is -0.497 e. The van der Waals surface area contributed by atoms with Gasteiger partial charge in [-0.1, -0.05) is 47.1 Å².